The van der Waals surface area contributed by atoms with Crippen molar-refractivity contribution in [3.8, 4) is 5.75 Å². The number of nitrogens with one attached hydrogen (secondary N) is 3. The number of rotatable bonds is 11. The smallest absolute Gasteiger partial charge is 0.339 e. The van der Waals surface area contributed by atoms with Crippen LogP contribution in [-0.2, 0) is 28.7 Å². The highest BCUT2D eigenvalue weighted by atomic mass is 35.5. The number of carbonyl (C=O) groups excluding carboxylic acids is 2. The van der Waals surface area contributed by atoms with Crippen LogP contribution in [0.1, 0.15) is 86.3 Å². The molecule has 4 rings (SSSR count). The third kappa shape index (κ3) is 8.01. The maximum atomic E-state index is 13.5. The first kappa shape index (κ1) is 35.6. The number of amides is 3. The van der Waals surface area contributed by atoms with Crippen LogP contribution in [0.2, 0.25) is 5.02 Å². The molecule has 0 aliphatic heterocycles. The normalized spacial score (nSPS) is 12.5. The molecule has 3 amide bonds. The summed E-state index contributed by atoms with van der Waals surface area (Å²) >= 11 is 6.44. The first-order valence-electron chi connectivity index (χ1n) is 16.4. The van der Waals surface area contributed by atoms with Crippen LogP contribution in [0.3, 0.4) is 0 Å². The number of fused-ring (bicyclic) bond motifs is 1. The monoisotopic (exact) mass is 660 g/mol. The van der Waals surface area contributed by atoms with Crippen molar-refractivity contribution < 1.29 is 14.3 Å². The van der Waals surface area contributed by atoms with E-state index in [-0.39, 0.29) is 16.7 Å². The molecule has 0 saturated carbocycles. The van der Waals surface area contributed by atoms with Crippen molar-refractivity contribution in [1.29, 1.82) is 0 Å². The van der Waals surface area contributed by atoms with Crippen LogP contribution in [0.15, 0.2) is 65.8 Å². The maximum Gasteiger partial charge on any atom is 0.339 e. The predicted molar refractivity (Wildman–Crippen MR) is 192 cm³/mol. The van der Waals surface area contributed by atoms with Crippen molar-refractivity contribution in [2.75, 3.05) is 10.6 Å². The van der Waals surface area contributed by atoms with Gasteiger partial charge in [0.1, 0.15) is 5.75 Å². The van der Waals surface area contributed by atoms with E-state index in [1.807, 2.05) is 60.2 Å². The fourth-order valence-electron chi connectivity index (χ4n) is 5.49. The number of aryl methyl sites for hydroxylation is 2. The molecule has 3 N–H and O–H groups in total. The number of anilines is 2. The lowest BCUT2D eigenvalue weighted by molar-refractivity contribution is -0.122. The van der Waals surface area contributed by atoms with Gasteiger partial charge in [0.25, 0.3) is 5.91 Å². The van der Waals surface area contributed by atoms with Gasteiger partial charge in [0.2, 0.25) is 5.62 Å². The van der Waals surface area contributed by atoms with E-state index in [9.17, 15) is 9.59 Å². The lowest BCUT2D eigenvalue weighted by Gasteiger charge is -2.30. The van der Waals surface area contributed by atoms with Gasteiger partial charge < -0.3 is 24.5 Å². The molecule has 9 nitrogen and oxygen atoms in total. The molecule has 0 saturated heterocycles. The zero-order valence-electron chi connectivity index (χ0n) is 29.1. The number of ether oxygens (including phenoxy) is 1. The van der Waals surface area contributed by atoms with Crippen molar-refractivity contribution in [2.45, 2.75) is 105 Å². The Morgan fingerprint density at radius 1 is 0.872 bits per heavy atom. The van der Waals surface area contributed by atoms with Gasteiger partial charge in [0.15, 0.2) is 6.10 Å². The highest BCUT2D eigenvalue weighted by Gasteiger charge is 2.28. The van der Waals surface area contributed by atoms with Gasteiger partial charge in [0, 0.05) is 24.3 Å². The van der Waals surface area contributed by atoms with E-state index in [0.717, 1.165) is 23.0 Å². The van der Waals surface area contributed by atoms with Gasteiger partial charge in [-0.05, 0) is 79.5 Å². The molecule has 0 fully saturated rings. The number of benzene rings is 3. The third-order valence-electron chi connectivity index (χ3n) is 8.71. The molecule has 0 bridgehead atoms. The van der Waals surface area contributed by atoms with Gasteiger partial charge in [-0.1, -0.05) is 84.3 Å². The van der Waals surface area contributed by atoms with Crippen LogP contribution >= 0.6 is 11.6 Å². The third-order valence-corrected chi connectivity index (χ3v) is 9.04. The Morgan fingerprint density at radius 3 is 2.06 bits per heavy atom. The molecule has 1 unspecified atom stereocenters. The van der Waals surface area contributed by atoms with Crippen LogP contribution in [0.25, 0.3) is 11.0 Å². The SMILES string of the molecule is CCC(Oc1ccc(C(C)(C)C)cc1C(C)(C)CC)C(=O)Nc1ccc(Cl)c(NC(=O)NN=c2n(CC)c3ccccc3n2CC)c1. The quantitative estimate of drug-likeness (QED) is 0.141. The van der Waals surface area contributed by atoms with Gasteiger partial charge >= 0.3 is 6.03 Å². The average molecular weight is 661 g/mol. The predicted octanol–water partition coefficient (Wildman–Crippen LogP) is 8.55. The van der Waals surface area contributed by atoms with E-state index in [1.54, 1.807) is 18.2 Å². The Hall–Kier alpha value is -4.24. The van der Waals surface area contributed by atoms with Crippen LogP contribution in [0.4, 0.5) is 16.2 Å². The summed E-state index contributed by atoms with van der Waals surface area (Å²) in [6.45, 7) is 20.5. The summed E-state index contributed by atoms with van der Waals surface area (Å²) in [7, 11) is 0. The molecule has 1 atom stereocenters. The molecule has 0 aliphatic rings. The summed E-state index contributed by atoms with van der Waals surface area (Å²) < 4.78 is 10.5. The minimum atomic E-state index is -0.730. The standard InChI is InChI=1S/C37H49ClN6O3/c1-10-31(47-32-21-18-24(36(5,6)7)22-26(32)37(8,9)11-2)33(45)39-25-19-20-27(38)28(23-25)40-34(46)41-42-35-43(12-3)29-16-14-15-17-30(29)44(35)13-4/h14-23,31H,10-13H2,1-9H3,(H,39,45)(H2,40,41,46). The number of aromatic nitrogens is 2. The molecule has 0 aliphatic carbocycles. The molecule has 4 aromatic rings. The van der Waals surface area contributed by atoms with Gasteiger partial charge in [-0.3, -0.25) is 4.79 Å². The minimum absolute atomic E-state index is 0.0170. The molecule has 10 heteroatoms. The number of imidazole rings is 1. The Bertz CT molecular complexity index is 1770. The zero-order valence-corrected chi connectivity index (χ0v) is 29.9. The van der Waals surface area contributed by atoms with E-state index in [0.29, 0.717) is 47.3 Å². The first-order chi connectivity index (χ1) is 22.2. The first-order valence-corrected chi connectivity index (χ1v) is 16.8. The second kappa shape index (κ2) is 14.7. The number of para-hydroxylation sites is 2. The van der Waals surface area contributed by atoms with E-state index < -0.39 is 12.1 Å². The fraction of sp³-hybridized carbons (Fsp3) is 0.432. The summed E-state index contributed by atoms with van der Waals surface area (Å²) in [5.41, 5.74) is 8.24. The molecule has 3 aromatic carbocycles. The number of halogens is 1. The van der Waals surface area contributed by atoms with Crippen LogP contribution in [0.5, 0.6) is 5.75 Å². The number of hydrogen-bond acceptors (Lipinski definition) is 4. The number of carbonyl (C=O) groups is 2. The lowest BCUT2D eigenvalue weighted by atomic mass is 9.78. The second-order valence-electron chi connectivity index (χ2n) is 13.4. The summed E-state index contributed by atoms with van der Waals surface area (Å²) in [6.07, 6.45) is 0.655. The van der Waals surface area contributed by atoms with Crippen molar-refractivity contribution in [1.82, 2.24) is 14.6 Å². The molecule has 1 aromatic heterocycles. The number of hydrogen-bond donors (Lipinski definition) is 3. The molecular weight excluding hydrogens is 612 g/mol. The molecule has 252 valence electrons. The van der Waals surface area contributed by atoms with Crippen LogP contribution in [-0.4, -0.2) is 27.2 Å². The van der Waals surface area contributed by atoms with Crippen molar-refractivity contribution >= 4 is 45.9 Å². The molecular formula is C37H49ClN6O3. The molecule has 0 radical (unpaired) electrons. The fourth-order valence-corrected chi connectivity index (χ4v) is 5.66. The second-order valence-corrected chi connectivity index (χ2v) is 13.8. The summed E-state index contributed by atoms with van der Waals surface area (Å²) in [4.78, 5) is 26.5. The van der Waals surface area contributed by atoms with Crippen molar-refractivity contribution in [2.24, 2.45) is 5.10 Å². The molecule has 1 heterocycles. The Morgan fingerprint density at radius 2 is 1.51 bits per heavy atom. The molecule has 47 heavy (non-hydrogen) atoms. The topological polar surface area (TPSA) is 102 Å². The number of nitrogens with zero attached hydrogens (tertiary/aromatic N) is 3. The Labute approximate surface area is 283 Å². The molecule has 0 spiro atoms. The van der Waals surface area contributed by atoms with E-state index in [2.05, 4.69) is 74.8 Å². The van der Waals surface area contributed by atoms with Gasteiger partial charge in [0.05, 0.1) is 21.7 Å². The summed E-state index contributed by atoms with van der Waals surface area (Å²) in [5, 5.41) is 10.5. The summed E-state index contributed by atoms with van der Waals surface area (Å²) in [5.74, 6) is 0.411. The van der Waals surface area contributed by atoms with Gasteiger partial charge in [-0.2, -0.15) is 0 Å². The summed E-state index contributed by atoms with van der Waals surface area (Å²) in [6, 6.07) is 18.7. The van der Waals surface area contributed by atoms with E-state index in [4.69, 9.17) is 16.3 Å². The highest BCUT2D eigenvalue weighted by molar-refractivity contribution is 6.33. The van der Waals surface area contributed by atoms with Crippen molar-refractivity contribution in [3.05, 3.63) is 82.4 Å². The van der Waals surface area contributed by atoms with Crippen LogP contribution < -0.4 is 26.4 Å². The van der Waals surface area contributed by atoms with E-state index in [1.165, 1.54) is 5.56 Å². The van der Waals surface area contributed by atoms with Gasteiger partial charge in [-0.25, -0.2) is 10.2 Å². The van der Waals surface area contributed by atoms with Crippen LogP contribution in [0, 0.1) is 0 Å². The van der Waals surface area contributed by atoms with Gasteiger partial charge in [-0.15, -0.1) is 5.10 Å². The number of urea groups is 1. The van der Waals surface area contributed by atoms with Crippen molar-refractivity contribution in [3.63, 3.8) is 0 Å². The Kier molecular flexibility index (Phi) is 11.1. The zero-order chi connectivity index (χ0) is 34.5. The average Bonchev–Trinajstić information content (AvgIpc) is 3.35. The highest BCUT2D eigenvalue weighted by Crippen LogP contribution is 2.38. The lowest BCUT2D eigenvalue weighted by Crippen LogP contribution is -2.33. The minimum Gasteiger partial charge on any atom is -0.480 e. The Balaban J connectivity index is 1.51. The van der Waals surface area contributed by atoms with E-state index >= 15 is 0 Å². The largest absolute Gasteiger partial charge is 0.480 e. The maximum absolute atomic E-state index is 13.5.